The van der Waals surface area contributed by atoms with E-state index in [4.69, 9.17) is 11.6 Å². The van der Waals surface area contributed by atoms with Gasteiger partial charge in [-0.1, -0.05) is 70.2 Å². The molecule has 21 heavy (non-hydrogen) atoms. The Balaban J connectivity index is 2.45. The second-order valence-corrected chi connectivity index (χ2v) is 7.04. The van der Waals surface area contributed by atoms with Gasteiger partial charge in [0, 0.05) is 5.02 Å². The molecule has 1 aromatic rings. The van der Waals surface area contributed by atoms with Crippen LogP contribution in [0.3, 0.4) is 0 Å². The minimum atomic E-state index is 0.719. The average molecular weight is 310 g/mol. The molecule has 1 rings (SSSR count). The first-order valence-electron chi connectivity index (χ1n) is 8.57. The minimum absolute atomic E-state index is 0.719. The molecule has 0 bridgehead atoms. The second-order valence-electron chi connectivity index (χ2n) is 6.60. The molecular weight excluding hydrogens is 278 g/mol. The molecule has 1 N–H and O–H groups in total. The van der Waals surface area contributed by atoms with Crippen molar-refractivity contribution in [2.45, 2.75) is 59.3 Å². The van der Waals surface area contributed by atoms with Gasteiger partial charge in [0.2, 0.25) is 0 Å². The summed E-state index contributed by atoms with van der Waals surface area (Å²) in [5.74, 6) is 1.44. The molecule has 0 saturated heterocycles. The molecule has 0 aliphatic heterocycles. The SMILES string of the molecule is CCCCCCC(CNCC(C)C)Cc1cccc(Cl)c1. The average Bonchev–Trinajstić information content (AvgIpc) is 2.43. The molecule has 0 spiro atoms. The summed E-state index contributed by atoms with van der Waals surface area (Å²) in [5.41, 5.74) is 1.37. The molecule has 2 heteroatoms. The maximum absolute atomic E-state index is 6.10. The highest BCUT2D eigenvalue weighted by Gasteiger charge is 2.10. The zero-order valence-electron chi connectivity index (χ0n) is 14.0. The van der Waals surface area contributed by atoms with E-state index < -0.39 is 0 Å². The fraction of sp³-hybridized carbons (Fsp3) is 0.684. The van der Waals surface area contributed by atoms with Crippen LogP contribution in [0, 0.1) is 11.8 Å². The third-order valence-electron chi connectivity index (χ3n) is 3.86. The van der Waals surface area contributed by atoms with Crippen LogP contribution in [0.1, 0.15) is 58.4 Å². The van der Waals surface area contributed by atoms with Gasteiger partial charge in [-0.25, -0.2) is 0 Å². The highest BCUT2D eigenvalue weighted by Crippen LogP contribution is 2.19. The van der Waals surface area contributed by atoms with Crippen molar-refractivity contribution < 1.29 is 0 Å². The number of rotatable bonds is 11. The lowest BCUT2D eigenvalue weighted by molar-refractivity contribution is 0.407. The first-order valence-corrected chi connectivity index (χ1v) is 8.94. The van der Waals surface area contributed by atoms with Gasteiger partial charge in [0.1, 0.15) is 0 Å². The number of benzene rings is 1. The van der Waals surface area contributed by atoms with Gasteiger partial charge in [-0.2, -0.15) is 0 Å². The molecule has 0 aliphatic rings. The third-order valence-corrected chi connectivity index (χ3v) is 4.10. The van der Waals surface area contributed by atoms with E-state index in [-0.39, 0.29) is 0 Å². The van der Waals surface area contributed by atoms with Crippen LogP contribution < -0.4 is 5.32 Å². The normalized spacial score (nSPS) is 12.8. The first kappa shape index (κ1) is 18.5. The van der Waals surface area contributed by atoms with Crippen molar-refractivity contribution in [3.05, 3.63) is 34.9 Å². The molecule has 1 nitrogen and oxygen atoms in total. The maximum atomic E-state index is 6.10. The van der Waals surface area contributed by atoms with E-state index in [2.05, 4.69) is 44.3 Å². The summed E-state index contributed by atoms with van der Waals surface area (Å²) >= 11 is 6.10. The highest BCUT2D eigenvalue weighted by atomic mass is 35.5. The molecule has 0 aliphatic carbocycles. The Bertz CT molecular complexity index is 376. The monoisotopic (exact) mass is 309 g/mol. The molecule has 0 amide bonds. The van der Waals surface area contributed by atoms with E-state index in [9.17, 15) is 0 Å². The van der Waals surface area contributed by atoms with Crippen molar-refractivity contribution in [3.8, 4) is 0 Å². The van der Waals surface area contributed by atoms with Gasteiger partial charge in [0.25, 0.3) is 0 Å². The van der Waals surface area contributed by atoms with Crippen molar-refractivity contribution in [1.29, 1.82) is 0 Å². The Morgan fingerprint density at radius 2 is 1.90 bits per heavy atom. The number of nitrogens with one attached hydrogen (secondary N) is 1. The van der Waals surface area contributed by atoms with Crippen molar-refractivity contribution in [2.24, 2.45) is 11.8 Å². The quantitative estimate of drug-likeness (QED) is 0.516. The number of halogens is 1. The molecule has 0 fully saturated rings. The predicted molar refractivity (Wildman–Crippen MR) is 95.1 cm³/mol. The lowest BCUT2D eigenvalue weighted by Gasteiger charge is -2.19. The van der Waals surface area contributed by atoms with Crippen LogP contribution >= 0.6 is 11.6 Å². The van der Waals surface area contributed by atoms with E-state index in [1.807, 2.05) is 6.07 Å². The number of hydrogen-bond acceptors (Lipinski definition) is 1. The highest BCUT2D eigenvalue weighted by molar-refractivity contribution is 6.30. The van der Waals surface area contributed by atoms with E-state index in [1.54, 1.807) is 0 Å². The van der Waals surface area contributed by atoms with Gasteiger partial charge >= 0.3 is 0 Å². The van der Waals surface area contributed by atoms with E-state index in [0.29, 0.717) is 0 Å². The van der Waals surface area contributed by atoms with Crippen LogP contribution in [0.15, 0.2) is 24.3 Å². The van der Waals surface area contributed by atoms with Crippen LogP contribution in [0.5, 0.6) is 0 Å². The summed E-state index contributed by atoms with van der Waals surface area (Å²) in [4.78, 5) is 0. The van der Waals surface area contributed by atoms with E-state index in [0.717, 1.165) is 36.4 Å². The Morgan fingerprint density at radius 1 is 1.10 bits per heavy atom. The van der Waals surface area contributed by atoms with Crippen LogP contribution in [-0.4, -0.2) is 13.1 Å². The van der Waals surface area contributed by atoms with Gasteiger partial charge in [0.15, 0.2) is 0 Å². The van der Waals surface area contributed by atoms with Crippen molar-refractivity contribution >= 4 is 11.6 Å². The minimum Gasteiger partial charge on any atom is -0.316 e. The summed E-state index contributed by atoms with van der Waals surface area (Å²) < 4.78 is 0. The summed E-state index contributed by atoms with van der Waals surface area (Å²) in [6.07, 6.45) is 7.85. The second kappa shape index (κ2) is 11.1. The van der Waals surface area contributed by atoms with Gasteiger partial charge < -0.3 is 5.32 Å². The van der Waals surface area contributed by atoms with Gasteiger partial charge in [0.05, 0.1) is 0 Å². The molecule has 1 aromatic carbocycles. The predicted octanol–water partition coefficient (Wildman–Crippen LogP) is 5.71. The van der Waals surface area contributed by atoms with Crippen molar-refractivity contribution in [2.75, 3.05) is 13.1 Å². The maximum Gasteiger partial charge on any atom is 0.0408 e. The fourth-order valence-corrected chi connectivity index (χ4v) is 2.92. The molecule has 0 radical (unpaired) electrons. The molecule has 0 saturated carbocycles. The molecule has 0 aromatic heterocycles. The largest absolute Gasteiger partial charge is 0.316 e. The van der Waals surface area contributed by atoms with E-state index in [1.165, 1.54) is 37.7 Å². The molecule has 120 valence electrons. The zero-order chi connectivity index (χ0) is 15.5. The smallest absolute Gasteiger partial charge is 0.0408 e. The first-order chi connectivity index (χ1) is 10.1. The molecule has 1 unspecified atom stereocenters. The number of hydrogen-bond donors (Lipinski definition) is 1. The van der Waals surface area contributed by atoms with Crippen LogP contribution in [0.4, 0.5) is 0 Å². The summed E-state index contributed by atoms with van der Waals surface area (Å²) in [5, 5.41) is 4.48. The Hall–Kier alpha value is -0.530. The van der Waals surface area contributed by atoms with Crippen LogP contribution in [0.25, 0.3) is 0 Å². The van der Waals surface area contributed by atoms with Gasteiger partial charge in [-0.15, -0.1) is 0 Å². The Kier molecular flexibility index (Phi) is 9.78. The summed E-state index contributed by atoms with van der Waals surface area (Å²) in [6.45, 7) is 9.03. The lowest BCUT2D eigenvalue weighted by Crippen LogP contribution is -2.27. The van der Waals surface area contributed by atoms with E-state index >= 15 is 0 Å². The van der Waals surface area contributed by atoms with Crippen LogP contribution in [-0.2, 0) is 6.42 Å². The third kappa shape index (κ3) is 9.16. The van der Waals surface area contributed by atoms with Gasteiger partial charge in [-0.3, -0.25) is 0 Å². The topological polar surface area (TPSA) is 12.0 Å². The zero-order valence-corrected chi connectivity index (χ0v) is 14.8. The van der Waals surface area contributed by atoms with Crippen molar-refractivity contribution in [1.82, 2.24) is 5.32 Å². The summed E-state index contributed by atoms with van der Waals surface area (Å²) in [7, 11) is 0. The molecular formula is C19H32ClN. The number of unbranched alkanes of at least 4 members (excludes halogenated alkanes) is 3. The lowest BCUT2D eigenvalue weighted by atomic mass is 9.93. The molecule has 0 heterocycles. The standard InChI is InChI=1S/C19H32ClN/c1-4-5-6-7-9-18(15-21-14-16(2)3)12-17-10-8-11-19(20)13-17/h8,10-11,13,16,18,21H,4-7,9,12,14-15H2,1-3H3. The Morgan fingerprint density at radius 3 is 2.57 bits per heavy atom. The fourth-order valence-electron chi connectivity index (χ4n) is 2.71. The van der Waals surface area contributed by atoms with Gasteiger partial charge in [-0.05, 0) is 55.5 Å². The summed E-state index contributed by atoms with van der Waals surface area (Å²) in [6, 6.07) is 8.34. The Labute approximate surface area is 136 Å². The van der Waals surface area contributed by atoms with Crippen molar-refractivity contribution in [3.63, 3.8) is 0 Å². The van der Waals surface area contributed by atoms with Crippen LogP contribution in [0.2, 0.25) is 5.02 Å². The molecule has 1 atom stereocenters.